The van der Waals surface area contributed by atoms with Gasteiger partial charge in [0, 0.05) is 17.4 Å². The van der Waals surface area contributed by atoms with Gasteiger partial charge in [-0.05, 0) is 24.1 Å². The van der Waals surface area contributed by atoms with Gasteiger partial charge in [0.05, 0.1) is 0 Å². The molecule has 3 heteroatoms. The number of carbonyl (C=O) groups excluding carboxylic acids is 1. The normalized spacial score (nSPS) is 10.5. The van der Waals surface area contributed by atoms with Crippen LogP contribution in [0, 0.1) is 0 Å². The lowest BCUT2D eigenvalue weighted by atomic mass is 10.1. The van der Waals surface area contributed by atoms with E-state index in [4.69, 9.17) is 0 Å². The maximum absolute atomic E-state index is 11.7. The van der Waals surface area contributed by atoms with Gasteiger partial charge in [0.25, 0.3) is 0 Å². The fraction of sp³-hybridized carbons (Fsp3) is 0.588. The number of rotatable bonds is 10. The number of nitrogens with one attached hydrogen (secondary N) is 1. The van der Waals surface area contributed by atoms with Crippen molar-refractivity contribution in [3.8, 4) is 0 Å². The summed E-state index contributed by atoms with van der Waals surface area (Å²) >= 11 is 3.43. The third-order valence-corrected chi connectivity index (χ3v) is 3.88. The van der Waals surface area contributed by atoms with Gasteiger partial charge < -0.3 is 5.32 Å². The molecule has 0 aliphatic carbocycles. The van der Waals surface area contributed by atoms with E-state index in [1.165, 1.54) is 38.5 Å². The Morgan fingerprint density at radius 3 is 2.50 bits per heavy atom. The average molecular weight is 340 g/mol. The van der Waals surface area contributed by atoms with Crippen LogP contribution >= 0.6 is 15.9 Å². The van der Waals surface area contributed by atoms with Crippen molar-refractivity contribution in [3.63, 3.8) is 0 Å². The molecule has 0 aliphatic rings. The van der Waals surface area contributed by atoms with Crippen molar-refractivity contribution in [1.82, 2.24) is 5.32 Å². The Morgan fingerprint density at radius 2 is 1.80 bits per heavy atom. The van der Waals surface area contributed by atoms with E-state index < -0.39 is 0 Å². The van der Waals surface area contributed by atoms with Gasteiger partial charge in [-0.15, -0.1) is 0 Å². The minimum atomic E-state index is 0.165. The summed E-state index contributed by atoms with van der Waals surface area (Å²) in [5, 5.41) is 2.98. The minimum Gasteiger partial charge on any atom is -0.352 e. The van der Waals surface area contributed by atoms with Crippen LogP contribution in [0.5, 0.6) is 0 Å². The second kappa shape index (κ2) is 10.9. The van der Waals surface area contributed by atoms with Crippen LogP contribution < -0.4 is 5.32 Å². The van der Waals surface area contributed by atoms with Crippen LogP contribution in [0.3, 0.4) is 0 Å². The van der Waals surface area contributed by atoms with Crippen LogP contribution in [0.25, 0.3) is 0 Å². The van der Waals surface area contributed by atoms with Crippen molar-refractivity contribution in [2.75, 3.05) is 0 Å². The van der Waals surface area contributed by atoms with E-state index in [-0.39, 0.29) is 5.91 Å². The van der Waals surface area contributed by atoms with Gasteiger partial charge in [0.15, 0.2) is 0 Å². The molecule has 0 saturated heterocycles. The Balaban J connectivity index is 2.03. The number of unbranched alkanes of at least 4 members (excludes halogenated alkanes) is 6. The maximum Gasteiger partial charge on any atom is 0.220 e. The van der Waals surface area contributed by atoms with Crippen LogP contribution in [0.4, 0.5) is 0 Å². The molecule has 1 aromatic rings. The highest BCUT2D eigenvalue weighted by molar-refractivity contribution is 9.10. The smallest absolute Gasteiger partial charge is 0.220 e. The highest BCUT2D eigenvalue weighted by Crippen LogP contribution is 2.11. The highest BCUT2D eigenvalue weighted by Gasteiger charge is 2.01. The number of hydrogen-bond donors (Lipinski definition) is 1. The molecule has 0 radical (unpaired) electrons. The molecular weight excluding hydrogens is 314 g/mol. The number of amides is 1. The first kappa shape index (κ1) is 17.2. The lowest BCUT2D eigenvalue weighted by Crippen LogP contribution is -2.22. The summed E-state index contributed by atoms with van der Waals surface area (Å²) in [7, 11) is 0. The second-order valence-electron chi connectivity index (χ2n) is 5.28. The van der Waals surface area contributed by atoms with Gasteiger partial charge in [-0.3, -0.25) is 4.79 Å². The molecule has 0 aliphatic heterocycles. The predicted molar refractivity (Wildman–Crippen MR) is 88.6 cm³/mol. The van der Waals surface area contributed by atoms with Crippen LogP contribution in [0.1, 0.15) is 63.9 Å². The number of carbonyl (C=O) groups is 1. The zero-order chi connectivity index (χ0) is 14.6. The van der Waals surface area contributed by atoms with Crippen LogP contribution in [0.15, 0.2) is 28.7 Å². The molecule has 0 spiro atoms. The Kier molecular flexibility index (Phi) is 9.38. The fourth-order valence-corrected chi connectivity index (χ4v) is 2.63. The molecule has 2 nitrogen and oxygen atoms in total. The zero-order valence-electron chi connectivity index (χ0n) is 12.5. The summed E-state index contributed by atoms with van der Waals surface area (Å²) in [5.41, 5.74) is 1.13. The van der Waals surface area contributed by atoms with Crippen molar-refractivity contribution < 1.29 is 4.79 Å². The van der Waals surface area contributed by atoms with Gasteiger partial charge in [0.1, 0.15) is 0 Å². The van der Waals surface area contributed by atoms with Crippen molar-refractivity contribution in [3.05, 3.63) is 34.3 Å². The third kappa shape index (κ3) is 8.36. The molecule has 0 aromatic heterocycles. The van der Waals surface area contributed by atoms with Crippen LogP contribution in [0.2, 0.25) is 0 Å². The maximum atomic E-state index is 11.7. The Hall–Kier alpha value is -0.830. The molecule has 1 rings (SSSR count). The molecule has 0 heterocycles. The lowest BCUT2D eigenvalue weighted by Gasteiger charge is -2.06. The fourth-order valence-electron chi connectivity index (χ4n) is 2.18. The van der Waals surface area contributed by atoms with Crippen molar-refractivity contribution in [2.24, 2.45) is 0 Å². The van der Waals surface area contributed by atoms with Gasteiger partial charge in [-0.1, -0.05) is 73.5 Å². The largest absolute Gasteiger partial charge is 0.352 e. The first-order valence-electron chi connectivity index (χ1n) is 7.73. The topological polar surface area (TPSA) is 29.1 Å². The standard InChI is InChI=1S/C17H26BrNO/c1-2-3-4-5-6-7-8-12-17(20)19-14-15-10-9-11-16(18)13-15/h9-11,13H,2-8,12,14H2,1H3,(H,19,20). The second-order valence-corrected chi connectivity index (χ2v) is 6.19. The molecule has 0 saturated carbocycles. The number of benzene rings is 1. The molecule has 0 atom stereocenters. The molecular formula is C17H26BrNO. The highest BCUT2D eigenvalue weighted by atomic mass is 79.9. The molecule has 1 aromatic carbocycles. The first-order valence-corrected chi connectivity index (χ1v) is 8.53. The molecule has 20 heavy (non-hydrogen) atoms. The Labute approximate surface area is 131 Å². The van der Waals surface area contributed by atoms with Gasteiger partial charge in [-0.2, -0.15) is 0 Å². The summed E-state index contributed by atoms with van der Waals surface area (Å²) in [6.07, 6.45) is 9.38. The van der Waals surface area contributed by atoms with E-state index >= 15 is 0 Å². The summed E-state index contributed by atoms with van der Waals surface area (Å²) in [6.45, 7) is 2.85. The first-order chi connectivity index (χ1) is 9.72. The van der Waals surface area contributed by atoms with Gasteiger partial charge in [-0.25, -0.2) is 0 Å². The average Bonchev–Trinajstić information content (AvgIpc) is 2.44. The monoisotopic (exact) mass is 339 g/mol. The van der Waals surface area contributed by atoms with Crippen LogP contribution in [-0.4, -0.2) is 5.91 Å². The van der Waals surface area contributed by atoms with E-state index in [1.807, 2.05) is 24.3 Å². The quantitative estimate of drug-likeness (QED) is 0.582. The molecule has 1 N–H and O–H groups in total. The third-order valence-electron chi connectivity index (χ3n) is 3.39. The SMILES string of the molecule is CCCCCCCCCC(=O)NCc1cccc(Br)c1. The summed E-state index contributed by atoms with van der Waals surface area (Å²) in [5.74, 6) is 0.165. The lowest BCUT2D eigenvalue weighted by molar-refractivity contribution is -0.121. The van der Waals surface area contributed by atoms with Gasteiger partial charge in [0.2, 0.25) is 5.91 Å². The summed E-state index contributed by atoms with van der Waals surface area (Å²) < 4.78 is 1.05. The molecule has 0 bridgehead atoms. The van der Waals surface area contributed by atoms with Crippen molar-refractivity contribution in [2.45, 2.75) is 64.8 Å². The molecule has 1 amide bonds. The van der Waals surface area contributed by atoms with Crippen molar-refractivity contribution in [1.29, 1.82) is 0 Å². The van der Waals surface area contributed by atoms with E-state index in [0.29, 0.717) is 13.0 Å². The Morgan fingerprint density at radius 1 is 1.10 bits per heavy atom. The van der Waals surface area contributed by atoms with Crippen molar-refractivity contribution >= 4 is 21.8 Å². The van der Waals surface area contributed by atoms with E-state index in [2.05, 4.69) is 28.2 Å². The van der Waals surface area contributed by atoms with E-state index in [1.54, 1.807) is 0 Å². The number of hydrogen-bond acceptors (Lipinski definition) is 1. The molecule has 0 unspecified atom stereocenters. The molecule has 112 valence electrons. The van der Waals surface area contributed by atoms with E-state index in [9.17, 15) is 4.79 Å². The van der Waals surface area contributed by atoms with Gasteiger partial charge >= 0.3 is 0 Å². The minimum absolute atomic E-state index is 0.165. The van der Waals surface area contributed by atoms with Crippen LogP contribution in [-0.2, 0) is 11.3 Å². The Bertz CT molecular complexity index is 392. The number of halogens is 1. The summed E-state index contributed by atoms with van der Waals surface area (Å²) in [4.78, 5) is 11.7. The van der Waals surface area contributed by atoms with E-state index in [0.717, 1.165) is 16.5 Å². The predicted octanol–water partition coefficient (Wildman–Crippen LogP) is 5.21. The molecule has 0 fully saturated rings. The summed E-state index contributed by atoms with van der Waals surface area (Å²) in [6, 6.07) is 8.04. The zero-order valence-corrected chi connectivity index (χ0v) is 14.0.